The van der Waals surface area contributed by atoms with E-state index in [0.29, 0.717) is 16.1 Å². The van der Waals surface area contributed by atoms with Crippen LogP contribution in [0.1, 0.15) is 25.3 Å². The summed E-state index contributed by atoms with van der Waals surface area (Å²) in [4.78, 5) is 0.213. The van der Waals surface area contributed by atoms with Gasteiger partial charge in [-0.2, -0.15) is 0 Å². The quantitative estimate of drug-likeness (QED) is 0.727. The van der Waals surface area contributed by atoms with Crippen molar-refractivity contribution in [2.45, 2.75) is 24.7 Å². The summed E-state index contributed by atoms with van der Waals surface area (Å²) < 4.78 is 28.7. The van der Waals surface area contributed by atoms with E-state index in [-0.39, 0.29) is 4.90 Å². The van der Waals surface area contributed by atoms with E-state index in [1.807, 2.05) is 12.1 Å². The lowest BCUT2D eigenvalue weighted by Crippen LogP contribution is -2.14. The maximum Gasteiger partial charge on any atom is 0.263 e. The number of sulfonamides is 1. The largest absolute Gasteiger partial charge is 0.278 e. The molecule has 2 aromatic carbocycles. The van der Waals surface area contributed by atoms with Crippen molar-refractivity contribution in [3.8, 4) is 0 Å². The van der Waals surface area contributed by atoms with Gasteiger partial charge in [0.2, 0.25) is 0 Å². The highest BCUT2D eigenvalue weighted by Gasteiger charge is 2.18. The first-order chi connectivity index (χ1) is 9.81. The zero-order valence-electron chi connectivity index (χ0n) is 11.6. The van der Waals surface area contributed by atoms with Crippen LogP contribution < -0.4 is 4.72 Å². The summed E-state index contributed by atoms with van der Waals surface area (Å²) >= 11 is 6.68. The summed E-state index contributed by atoms with van der Waals surface area (Å²) in [5.74, 6) is 0.384. The van der Waals surface area contributed by atoms with Crippen molar-refractivity contribution >= 4 is 47.6 Å². The molecule has 0 spiro atoms. The molecular formula is C15H15Br2NO2S. The number of hydrogen-bond donors (Lipinski definition) is 1. The lowest BCUT2D eigenvalue weighted by Gasteiger charge is -2.13. The Morgan fingerprint density at radius 1 is 1.00 bits per heavy atom. The van der Waals surface area contributed by atoms with Crippen molar-refractivity contribution < 1.29 is 8.42 Å². The van der Waals surface area contributed by atoms with Crippen LogP contribution in [0.3, 0.4) is 0 Å². The summed E-state index contributed by atoms with van der Waals surface area (Å²) in [6.07, 6.45) is 0. The first-order valence-electron chi connectivity index (χ1n) is 6.38. The Balaban J connectivity index is 2.36. The van der Waals surface area contributed by atoms with Gasteiger partial charge in [-0.05, 0) is 67.6 Å². The molecule has 2 rings (SSSR count). The average molecular weight is 433 g/mol. The van der Waals surface area contributed by atoms with E-state index in [4.69, 9.17) is 0 Å². The summed E-state index contributed by atoms with van der Waals surface area (Å²) in [6.45, 7) is 4.18. The van der Waals surface area contributed by atoms with E-state index < -0.39 is 10.0 Å². The molecule has 1 N–H and O–H groups in total. The fourth-order valence-electron chi connectivity index (χ4n) is 1.84. The van der Waals surface area contributed by atoms with Gasteiger partial charge < -0.3 is 0 Å². The van der Waals surface area contributed by atoms with Gasteiger partial charge in [-0.3, -0.25) is 4.72 Å². The highest BCUT2D eigenvalue weighted by molar-refractivity contribution is 9.11. The standard InChI is InChI=1S/C15H15Br2NO2S/c1-10(2)11-7-8-14(13(17)9-11)18-21(19,20)15-6-4-3-5-12(15)16/h3-10,18H,1-2H3. The van der Waals surface area contributed by atoms with Crippen LogP contribution in [0.5, 0.6) is 0 Å². The normalized spacial score (nSPS) is 11.7. The zero-order valence-corrected chi connectivity index (χ0v) is 15.6. The molecule has 0 aliphatic carbocycles. The van der Waals surface area contributed by atoms with Crippen LogP contribution in [0, 0.1) is 0 Å². The lowest BCUT2D eigenvalue weighted by atomic mass is 10.0. The fourth-order valence-corrected chi connectivity index (χ4v) is 4.55. The topological polar surface area (TPSA) is 46.2 Å². The maximum absolute atomic E-state index is 12.4. The highest BCUT2D eigenvalue weighted by atomic mass is 79.9. The number of benzene rings is 2. The molecule has 6 heteroatoms. The van der Waals surface area contributed by atoms with Gasteiger partial charge in [0.1, 0.15) is 4.90 Å². The molecule has 0 saturated carbocycles. The van der Waals surface area contributed by atoms with Gasteiger partial charge in [0, 0.05) is 8.95 Å². The third-order valence-electron chi connectivity index (χ3n) is 3.03. The minimum Gasteiger partial charge on any atom is -0.278 e. The van der Waals surface area contributed by atoms with Crippen molar-refractivity contribution in [2.75, 3.05) is 4.72 Å². The van der Waals surface area contributed by atoms with Crippen LogP contribution in [0.15, 0.2) is 56.3 Å². The highest BCUT2D eigenvalue weighted by Crippen LogP contribution is 2.30. The molecule has 112 valence electrons. The number of anilines is 1. The summed E-state index contributed by atoms with van der Waals surface area (Å²) in [5, 5.41) is 0. The third-order valence-corrected chi connectivity index (χ3v) is 6.06. The number of rotatable bonds is 4. The van der Waals surface area contributed by atoms with Crippen LogP contribution in [-0.4, -0.2) is 8.42 Å². The molecule has 0 unspecified atom stereocenters. The number of nitrogens with one attached hydrogen (secondary N) is 1. The van der Waals surface area contributed by atoms with Crippen LogP contribution in [0.4, 0.5) is 5.69 Å². The predicted molar refractivity (Wildman–Crippen MR) is 93.2 cm³/mol. The molecule has 0 fully saturated rings. The van der Waals surface area contributed by atoms with E-state index in [1.165, 1.54) is 0 Å². The maximum atomic E-state index is 12.4. The van der Waals surface area contributed by atoms with E-state index in [9.17, 15) is 8.42 Å². The van der Waals surface area contributed by atoms with E-state index >= 15 is 0 Å². The molecule has 0 aliphatic rings. The summed E-state index contributed by atoms with van der Waals surface area (Å²) in [7, 11) is -3.63. The van der Waals surface area contributed by atoms with E-state index in [0.717, 1.165) is 10.0 Å². The second-order valence-electron chi connectivity index (χ2n) is 4.93. The number of hydrogen-bond acceptors (Lipinski definition) is 2. The molecule has 0 aliphatic heterocycles. The van der Waals surface area contributed by atoms with Crippen molar-refractivity contribution in [2.24, 2.45) is 0 Å². The molecule has 0 bridgehead atoms. The van der Waals surface area contributed by atoms with Crippen molar-refractivity contribution in [1.82, 2.24) is 0 Å². The first-order valence-corrected chi connectivity index (χ1v) is 9.45. The van der Waals surface area contributed by atoms with Crippen LogP contribution >= 0.6 is 31.9 Å². The van der Waals surface area contributed by atoms with Gasteiger partial charge in [-0.25, -0.2) is 8.42 Å². The van der Waals surface area contributed by atoms with Crippen LogP contribution in [0.25, 0.3) is 0 Å². The Labute approximate surface area is 142 Å². The van der Waals surface area contributed by atoms with Gasteiger partial charge in [0.15, 0.2) is 0 Å². The SMILES string of the molecule is CC(C)c1ccc(NS(=O)(=O)c2ccccc2Br)c(Br)c1. The molecule has 2 aromatic rings. The molecule has 0 radical (unpaired) electrons. The van der Waals surface area contributed by atoms with Crippen molar-refractivity contribution in [3.05, 3.63) is 57.0 Å². The minimum atomic E-state index is -3.63. The molecule has 0 amide bonds. The van der Waals surface area contributed by atoms with Crippen molar-refractivity contribution in [3.63, 3.8) is 0 Å². The number of halogens is 2. The summed E-state index contributed by atoms with van der Waals surface area (Å²) in [6, 6.07) is 12.4. The smallest absolute Gasteiger partial charge is 0.263 e. The van der Waals surface area contributed by atoms with Gasteiger partial charge in [-0.15, -0.1) is 0 Å². The Hall–Kier alpha value is -0.850. The molecule has 3 nitrogen and oxygen atoms in total. The van der Waals surface area contributed by atoms with Gasteiger partial charge in [0.25, 0.3) is 10.0 Å². The molecule has 0 heterocycles. The predicted octanol–water partition coefficient (Wildman–Crippen LogP) is 5.14. The third kappa shape index (κ3) is 3.87. The summed E-state index contributed by atoms with van der Waals surface area (Å²) in [5.41, 5.74) is 1.67. The van der Waals surface area contributed by atoms with Crippen LogP contribution in [-0.2, 0) is 10.0 Å². The van der Waals surface area contributed by atoms with E-state index in [1.54, 1.807) is 30.3 Å². The first kappa shape index (κ1) is 16.5. The second-order valence-corrected chi connectivity index (χ2v) is 8.29. The molecule has 0 aromatic heterocycles. The Morgan fingerprint density at radius 3 is 2.24 bits per heavy atom. The molecular weight excluding hydrogens is 418 g/mol. The fraction of sp³-hybridized carbons (Fsp3) is 0.200. The average Bonchev–Trinajstić information content (AvgIpc) is 2.41. The molecule has 0 saturated heterocycles. The second kappa shape index (κ2) is 6.50. The van der Waals surface area contributed by atoms with Gasteiger partial charge in [0.05, 0.1) is 5.69 Å². The van der Waals surface area contributed by atoms with Crippen molar-refractivity contribution in [1.29, 1.82) is 0 Å². The van der Waals surface area contributed by atoms with Gasteiger partial charge >= 0.3 is 0 Å². The molecule has 0 atom stereocenters. The zero-order chi connectivity index (χ0) is 15.6. The Kier molecular flexibility index (Phi) is 5.11. The lowest BCUT2D eigenvalue weighted by molar-refractivity contribution is 0.600. The minimum absolute atomic E-state index is 0.213. The Bertz CT molecular complexity index is 758. The molecule has 21 heavy (non-hydrogen) atoms. The van der Waals surface area contributed by atoms with Crippen LogP contribution in [0.2, 0.25) is 0 Å². The monoisotopic (exact) mass is 431 g/mol. The van der Waals surface area contributed by atoms with E-state index in [2.05, 4.69) is 50.4 Å². The van der Waals surface area contributed by atoms with Gasteiger partial charge in [-0.1, -0.05) is 32.0 Å². The Morgan fingerprint density at radius 2 is 1.67 bits per heavy atom.